The van der Waals surface area contributed by atoms with Crippen molar-refractivity contribution in [2.24, 2.45) is 0 Å². The molecular weight excluding hydrogens is 362 g/mol. The van der Waals surface area contributed by atoms with Crippen LogP contribution in [0.3, 0.4) is 0 Å². The van der Waals surface area contributed by atoms with Crippen LogP contribution < -0.4 is 10.9 Å². The third-order valence-electron chi connectivity index (χ3n) is 4.59. The highest BCUT2D eigenvalue weighted by Gasteiger charge is 2.25. The monoisotopic (exact) mass is 383 g/mol. The molecule has 28 heavy (non-hydrogen) atoms. The Balaban J connectivity index is 1.91. The summed E-state index contributed by atoms with van der Waals surface area (Å²) >= 11 is 0. The highest BCUT2D eigenvalue weighted by molar-refractivity contribution is 5.89. The SMILES string of the molecule is CCOC(=O)c1cnc2n(c1=O)C(C)CCC2=CNc1ccc(C(=O)O)cc1. The Morgan fingerprint density at radius 3 is 2.71 bits per heavy atom. The topological polar surface area (TPSA) is 111 Å². The van der Waals surface area contributed by atoms with Crippen LogP contribution in [0.15, 0.2) is 41.5 Å². The summed E-state index contributed by atoms with van der Waals surface area (Å²) in [5, 5.41) is 12.1. The zero-order valence-electron chi connectivity index (χ0n) is 15.6. The van der Waals surface area contributed by atoms with E-state index in [0.29, 0.717) is 17.9 Å². The molecule has 1 atom stereocenters. The van der Waals surface area contributed by atoms with Gasteiger partial charge in [-0.3, -0.25) is 9.36 Å². The third kappa shape index (κ3) is 3.80. The maximum atomic E-state index is 12.8. The van der Waals surface area contributed by atoms with Gasteiger partial charge in [0, 0.05) is 29.7 Å². The number of carboxylic acid groups (broad SMARTS) is 1. The molecule has 1 aliphatic heterocycles. The largest absolute Gasteiger partial charge is 0.478 e. The van der Waals surface area contributed by atoms with Crippen molar-refractivity contribution >= 4 is 23.2 Å². The molecule has 0 saturated heterocycles. The van der Waals surface area contributed by atoms with Gasteiger partial charge in [0.15, 0.2) is 0 Å². The highest BCUT2D eigenvalue weighted by Crippen LogP contribution is 2.30. The van der Waals surface area contributed by atoms with E-state index >= 15 is 0 Å². The van der Waals surface area contributed by atoms with E-state index < -0.39 is 17.5 Å². The number of carbonyl (C=O) groups excluding carboxylic acids is 1. The molecule has 8 nitrogen and oxygen atoms in total. The number of carbonyl (C=O) groups is 2. The minimum absolute atomic E-state index is 0.0732. The molecule has 0 spiro atoms. The summed E-state index contributed by atoms with van der Waals surface area (Å²) in [6.45, 7) is 3.78. The number of aromatic carboxylic acids is 1. The molecule has 1 aliphatic rings. The number of hydrogen-bond donors (Lipinski definition) is 2. The van der Waals surface area contributed by atoms with Crippen LogP contribution in [0.4, 0.5) is 5.69 Å². The molecule has 1 aromatic carbocycles. The van der Waals surface area contributed by atoms with Crippen LogP contribution >= 0.6 is 0 Å². The maximum Gasteiger partial charge on any atom is 0.345 e. The molecule has 8 heteroatoms. The number of esters is 1. The first kappa shape index (κ1) is 19.3. The van der Waals surface area contributed by atoms with Crippen molar-refractivity contribution in [3.05, 3.63) is 64.0 Å². The third-order valence-corrected chi connectivity index (χ3v) is 4.59. The van der Waals surface area contributed by atoms with Crippen molar-refractivity contribution in [2.45, 2.75) is 32.7 Å². The Bertz CT molecular complexity index is 992. The van der Waals surface area contributed by atoms with Gasteiger partial charge in [-0.1, -0.05) is 0 Å². The second kappa shape index (κ2) is 8.08. The maximum absolute atomic E-state index is 12.8. The molecule has 0 fully saturated rings. The first-order valence-corrected chi connectivity index (χ1v) is 9.00. The van der Waals surface area contributed by atoms with E-state index in [1.165, 1.54) is 22.9 Å². The van der Waals surface area contributed by atoms with Crippen LogP contribution in [0.2, 0.25) is 0 Å². The van der Waals surface area contributed by atoms with E-state index in [1.54, 1.807) is 25.3 Å². The summed E-state index contributed by atoms with van der Waals surface area (Å²) in [5.74, 6) is -1.15. The van der Waals surface area contributed by atoms with Gasteiger partial charge < -0.3 is 15.2 Å². The minimum Gasteiger partial charge on any atom is -0.478 e. The predicted octanol–water partition coefficient (Wildman–Crippen LogP) is 2.93. The number of benzene rings is 1. The van der Waals surface area contributed by atoms with Gasteiger partial charge in [-0.15, -0.1) is 0 Å². The van der Waals surface area contributed by atoms with Crippen molar-refractivity contribution in [3.8, 4) is 0 Å². The van der Waals surface area contributed by atoms with E-state index in [9.17, 15) is 14.4 Å². The molecule has 2 heterocycles. The molecule has 3 rings (SSSR count). The summed E-state index contributed by atoms with van der Waals surface area (Å²) < 4.78 is 6.46. The molecule has 0 amide bonds. The number of fused-ring (bicyclic) bond motifs is 1. The summed E-state index contributed by atoms with van der Waals surface area (Å²) in [5.41, 5.74) is 1.26. The number of allylic oxidation sites excluding steroid dienone is 1. The molecule has 0 saturated carbocycles. The Morgan fingerprint density at radius 1 is 1.36 bits per heavy atom. The average Bonchev–Trinajstić information content (AvgIpc) is 2.68. The van der Waals surface area contributed by atoms with E-state index in [4.69, 9.17) is 9.84 Å². The highest BCUT2D eigenvalue weighted by atomic mass is 16.5. The average molecular weight is 383 g/mol. The Labute approximate surface area is 161 Å². The fourth-order valence-corrected chi connectivity index (χ4v) is 3.09. The molecule has 0 bridgehead atoms. The van der Waals surface area contributed by atoms with Gasteiger partial charge in [0.25, 0.3) is 5.56 Å². The van der Waals surface area contributed by atoms with Crippen LogP contribution in [0.1, 0.15) is 59.3 Å². The van der Waals surface area contributed by atoms with Crippen molar-refractivity contribution in [1.82, 2.24) is 9.55 Å². The first-order valence-electron chi connectivity index (χ1n) is 9.00. The zero-order chi connectivity index (χ0) is 20.3. The Hall–Kier alpha value is -3.42. The van der Waals surface area contributed by atoms with Crippen molar-refractivity contribution < 1.29 is 19.4 Å². The van der Waals surface area contributed by atoms with Gasteiger partial charge >= 0.3 is 11.9 Å². The lowest BCUT2D eigenvalue weighted by molar-refractivity contribution is 0.0522. The van der Waals surface area contributed by atoms with Crippen LogP contribution in [0.5, 0.6) is 0 Å². The first-order chi connectivity index (χ1) is 13.4. The summed E-state index contributed by atoms with van der Waals surface area (Å²) in [7, 11) is 0. The van der Waals surface area contributed by atoms with Crippen LogP contribution in [-0.2, 0) is 4.74 Å². The van der Waals surface area contributed by atoms with E-state index in [-0.39, 0.29) is 23.8 Å². The van der Waals surface area contributed by atoms with Crippen LogP contribution in [0, 0.1) is 0 Å². The smallest absolute Gasteiger partial charge is 0.345 e. The lowest BCUT2D eigenvalue weighted by atomic mass is 10.0. The van der Waals surface area contributed by atoms with Crippen LogP contribution in [-0.4, -0.2) is 33.2 Å². The molecule has 0 aliphatic carbocycles. The predicted molar refractivity (Wildman–Crippen MR) is 103 cm³/mol. The lowest BCUT2D eigenvalue weighted by Gasteiger charge is -2.26. The molecule has 0 radical (unpaired) electrons. The van der Waals surface area contributed by atoms with Crippen molar-refractivity contribution in [3.63, 3.8) is 0 Å². The summed E-state index contributed by atoms with van der Waals surface area (Å²) in [4.78, 5) is 40.0. The van der Waals surface area contributed by atoms with E-state index in [0.717, 1.165) is 12.0 Å². The number of anilines is 1. The van der Waals surface area contributed by atoms with Gasteiger partial charge in [-0.25, -0.2) is 14.6 Å². The zero-order valence-corrected chi connectivity index (χ0v) is 15.6. The number of nitrogens with one attached hydrogen (secondary N) is 1. The second-order valence-corrected chi connectivity index (χ2v) is 6.48. The molecule has 2 aromatic rings. The molecular formula is C20H21N3O5. The van der Waals surface area contributed by atoms with Gasteiger partial charge in [-0.2, -0.15) is 0 Å². The van der Waals surface area contributed by atoms with Gasteiger partial charge in [-0.05, 0) is 51.0 Å². The van der Waals surface area contributed by atoms with Gasteiger partial charge in [0.1, 0.15) is 11.4 Å². The van der Waals surface area contributed by atoms with Gasteiger partial charge in [0.2, 0.25) is 0 Å². The molecule has 1 unspecified atom stereocenters. The second-order valence-electron chi connectivity index (χ2n) is 6.48. The fourth-order valence-electron chi connectivity index (χ4n) is 3.09. The minimum atomic E-state index is -0.985. The Morgan fingerprint density at radius 2 is 2.07 bits per heavy atom. The number of ether oxygens (including phenoxy) is 1. The number of nitrogens with zero attached hydrogens (tertiary/aromatic N) is 2. The molecule has 146 valence electrons. The number of rotatable bonds is 5. The summed E-state index contributed by atoms with van der Waals surface area (Å²) in [6.07, 6.45) is 4.46. The normalized spacial score (nSPS) is 17.1. The van der Waals surface area contributed by atoms with Crippen molar-refractivity contribution in [2.75, 3.05) is 11.9 Å². The standard InChI is InChI=1S/C20H21N3O5/c1-3-28-20(27)16-11-22-17-14(5-4-12(2)23(17)18(16)24)10-21-15-8-6-13(7-9-15)19(25)26/h6-12,21H,3-5H2,1-2H3,(H,25,26). The quantitative estimate of drug-likeness (QED) is 0.764. The van der Waals surface area contributed by atoms with Crippen molar-refractivity contribution in [1.29, 1.82) is 0 Å². The molecule has 1 aromatic heterocycles. The fraction of sp³-hybridized carbons (Fsp3) is 0.300. The number of aromatic nitrogens is 2. The van der Waals surface area contributed by atoms with E-state index in [1.807, 2.05) is 6.92 Å². The lowest BCUT2D eigenvalue weighted by Crippen LogP contribution is -2.34. The number of hydrogen-bond acceptors (Lipinski definition) is 6. The van der Waals surface area contributed by atoms with E-state index in [2.05, 4.69) is 10.3 Å². The summed E-state index contributed by atoms with van der Waals surface area (Å²) in [6, 6.07) is 6.26. The Kier molecular flexibility index (Phi) is 5.58. The number of carboxylic acids is 1. The van der Waals surface area contributed by atoms with Crippen LogP contribution in [0.25, 0.3) is 5.57 Å². The van der Waals surface area contributed by atoms with Gasteiger partial charge in [0.05, 0.1) is 12.2 Å². The molecule has 2 N–H and O–H groups in total.